The summed E-state index contributed by atoms with van der Waals surface area (Å²) in [6.45, 7) is 0.485. The average Bonchev–Trinajstić information content (AvgIpc) is 3.65. The van der Waals surface area contributed by atoms with Crippen LogP contribution >= 0.6 is 11.3 Å². The Morgan fingerprint density at radius 1 is 0.712 bits per heavy atom. The molecule has 1 atom stereocenters. The third kappa shape index (κ3) is 11.7. The van der Waals surface area contributed by atoms with Crippen molar-refractivity contribution < 1.29 is 50.6 Å². The number of fused-ring (bicyclic) bond motifs is 1. The third-order valence-electron chi connectivity index (χ3n) is 8.04. The van der Waals surface area contributed by atoms with Crippen LogP contribution in [0.2, 0.25) is 0 Å². The smallest absolute Gasteiger partial charge is 0.416 e. The monoisotopic (exact) mass is 747 g/mol. The van der Waals surface area contributed by atoms with Gasteiger partial charge in [0.25, 0.3) is 0 Å². The van der Waals surface area contributed by atoms with E-state index in [1.807, 2.05) is 40.6 Å². The summed E-state index contributed by atoms with van der Waals surface area (Å²) in [6.07, 6.45) is -8.60. The highest BCUT2D eigenvalue weighted by molar-refractivity contribution is 7.10. The number of carboxylic acid groups (broad SMARTS) is 1. The second kappa shape index (κ2) is 17.8. The molecule has 3 amide bonds. The molecule has 52 heavy (non-hydrogen) atoms. The number of rotatable bonds is 11. The number of thiophene rings is 1. The van der Waals surface area contributed by atoms with Crippen LogP contribution in [0.4, 0.5) is 26.3 Å². The van der Waals surface area contributed by atoms with Crippen LogP contribution in [0.1, 0.15) is 70.0 Å². The maximum absolute atomic E-state index is 13.1. The fourth-order valence-electron chi connectivity index (χ4n) is 5.47. The molecule has 5 rings (SSSR count). The maximum atomic E-state index is 13.1. The Bertz CT molecular complexity index is 1850. The number of carbonyl (C=O) groups excluding carboxylic acids is 3. The Hall–Kier alpha value is -5.18. The van der Waals surface area contributed by atoms with Crippen LogP contribution in [0.25, 0.3) is 0 Å². The van der Waals surface area contributed by atoms with Crippen molar-refractivity contribution in [3.63, 3.8) is 0 Å². The number of hydrogen-bond donors (Lipinski definition) is 3. The molecule has 4 aromatic rings. The Balaban J connectivity index is 0.000000272. The number of aliphatic carboxylic acids is 1. The van der Waals surface area contributed by atoms with Crippen molar-refractivity contribution in [3.8, 4) is 0 Å². The summed E-state index contributed by atoms with van der Waals surface area (Å²) in [5, 5.41) is 15.3. The maximum Gasteiger partial charge on any atom is 0.416 e. The van der Waals surface area contributed by atoms with E-state index in [4.69, 9.17) is 5.11 Å². The lowest BCUT2D eigenvalue weighted by molar-refractivity contribution is -0.139. The van der Waals surface area contributed by atoms with E-state index in [0.29, 0.717) is 17.7 Å². The summed E-state index contributed by atoms with van der Waals surface area (Å²) in [5.74, 6) is -2.10. The molecule has 276 valence electrons. The van der Waals surface area contributed by atoms with Crippen molar-refractivity contribution in [3.05, 3.63) is 129 Å². The molecule has 1 aliphatic rings. The molecule has 1 unspecified atom stereocenters. The van der Waals surface area contributed by atoms with Crippen molar-refractivity contribution in [1.29, 1.82) is 0 Å². The predicted octanol–water partition coefficient (Wildman–Crippen LogP) is 7.52. The first kappa shape index (κ1) is 39.6. The fourth-order valence-corrected chi connectivity index (χ4v) is 6.32. The van der Waals surface area contributed by atoms with E-state index in [-0.39, 0.29) is 56.6 Å². The summed E-state index contributed by atoms with van der Waals surface area (Å²) in [7, 11) is 0. The van der Waals surface area contributed by atoms with Gasteiger partial charge in [0.05, 0.1) is 23.6 Å². The third-order valence-corrected chi connectivity index (χ3v) is 8.96. The zero-order chi connectivity index (χ0) is 37.9. The lowest BCUT2D eigenvalue weighted by atomic mass is 9.91. The Morgan fingerprint density at radius 3 is 1.79 bits per heavy atom. The van der Waals surface area contributed by atoms with Gasteiger partial charge in [-0.15, -0.1) is 11.3 Å². The zero-order valence-corrected chi connectivity index (χ0v) is 28.4. The number of carboxylic acids is 1. The number of hydrogen-bond acceptors (Lipinski definition) is 5. The molecule has 2 heterocycles. The summed E-state index contributed by atoms with van der Waals surface area (Å²) in [6, 6.07) is 21.3. The van der Waals surface area contributed by atoms with Crippen LogP contribution in [-0.4, -0.2) is 40.2 Å². The van der Waals surface area contributed by atoms with Crippen LogP contribution in [-0.2, 0) is 51.0 Å². The minimum atomic E-state index is -4.43. The molecule has 0 spiro atoms. The number of alkyl halides is 6. The Morgan fingerprint density at radius 2 is 1.27 bits per heavy atom. The van der Waals surface area contributed by atoms with E-state index in [1.54, 1.807) is 11.3 Å². The van der Waals surface area contributed by atoms with Gasteiger partial charge in [0.2, 0.25) is 17.7 Å². The highest BCUT2D eigenvalue weighted by Gasteiger charge is 2.33. The minimum Gasteiger partial charge on any atom is -0.481 e. The summed E-state index contributed by atoms with van der Waals surface area (Å²) >= 11 is 1.59. The molecule has 0 bridgehead atoms. The lowest BCUT2D eigenvalue weighted by Gasteiger charge is -2.37. The van der Waals surface area contributed by atoms with Crippen LogP contribution in [0.5, 0.6) is 0 Å². The van der Waals surface area contributed by atoms with Gasteiger partial charge in [-0.25, -0.2) is 0 Å². The second-order valence-electron chi connectivity index (χ2n) is 11.8. The van der Waals surface area contributed by atoms with Crippen molar-refractivity contribution in [2.75, 3.05) is 6.54 Å². The minimum absolute atomic E-state index is 0.0207. The first-order valence-corrected chi connectivity index (χ1v) is 17.0. The van der Waals surface area contributed by atoms with Crippen LogP contribution < -0.4 is 10.6 Å². The molecule has 15 heteroatoms. The van der Waals surface area contributed by atoms with Gasteiger partial charge in [-0.1, -0.05) is 54.6 Å². The number of halogens is 6. The number of benzene rings is 3. The van der Waals surface area contributed by atoms with Crippen LogP contribution in [0.3, 0.4) is 0 Å². The first-order chi connectivity index (χ1) is 24.6. The number of nitrogens with zero attached hydrogens (tertiary/aromatic N) is 1. The average molecular weight is 748 g/mol. The molecule has 8 nitrogen and oxygen atoms in total. The molecule has 0 radical (unpaired) electrons. The highest BCUT2D eigenvalue weighted by atomic mass is 32.1. The van der Waals surface area contributed by atoms with Gasteiger partial charge in [0.15, 0.2) is 0 Å². The highest BCUT2D eigenvalue weighted by Crippen LogP contribution is 2.37. The molecule has 3 aromatic carbocycles. The van der Waals surface area contributed by atoms with Gasteiger partial charge >= 0.3 is 18.3 Å². The molecule has 0 saturated heterocycles. The van der Waals surface area contributed by atoms with Crippen molar-refractivity contribution in [1.82, 2.24) is 15.5 Å². The van der Waals surface area contributed by atoms with E-state index in [9.17, 15) is 45.5 Å². The van der Waals surface area contributed by atoms with E-state index >= 15 is 0 Å². The van der Waals surface area contributed by atoms with Crippen molar-refractivity contribution in [2.45, 2.75) is 63.6 Å². The number of carbonyl (C=O) groups is 4. The number of amides is 3. The summed E-state index contributed by atoms with van der Waals surface area (Å²) in [4.78, 5) is 49.7. The molecule has 1 aliphatic heterocycles. The summed E-state index contributed by atoms with van der Waals surface area (Å²) < 4.78 is 75.8. The SMILES string of the molecule is O=C(CCC(=O)N1CCc2ccccc2C1c1cccs1)NCc1cccc(C(F)(F)F)c1.O=C(O)CCC(=O)NCc1cccc(C(F)(F)F)c1. The van der Waals surface area contributed by atoms with E-state index in [2.05, 4.69) is 16.7 Å². The molecular weight excluding hydrogens is 712 g/mol. The first-order valence-electron chi connectivity index (χ1n) is 16.1. The van der Waals surface area contributed by atoms with Gasteiger partial charge in [-0.3, -0.25) is 19.2 Å². The molecule has 0 saturated carbocycles. The number of nitrogens with one attached hydrogen (secondary N) is 2. The van der Waals surface area contributed by atoms with E-state index in [0.717, 1.165) is 41.1 Å². The standard InChI is InChI=1S/C25H23F3N2O2S.C12H12F3NO3/c26-25(27,28)19-7-3-5-17(15-19)16-29-22(31)10-11-23(32)30-13-12-18-6-1-2-8-20(18)24(30)21-9-4-14-33-21;13-12(14,15)9-3-1-2-8(6-9)7-16-10(17)4-5-11(18)19/h1-9,14-15,24H,10-13,16H2,(H,29,31);1-3,6H,4-5,7H2,(H,16,17)(H,18,19). The normalized spacial score (nSPS) is 14.0. The topological polar surface area (TPSA) is 116 Å². The molecule has 1 aromatic heterocycles. The molecule has 0 fully saturated rings. The van der Waals surface area contributed by atoms with Crippen molar-refractivity contribution >= 4 is 35.0 Å². The van der Waals surface area contributed by atoms with Crippen LogP contribution in [0, 0.1) is 0 Å². The van der Waals surface area contributed by atoms with Gasteiger partial charge in [0.1, 0.15) is 0 Å². The summed E-state index contributed by atoms with van der Waals surface area (Å²) in [5.41, 5.74) is 1.44. The predicted molar refractivity (Wildman–Crippen MR) is 181 cm³/mol. The van der Waals surface area contributed by atoms with E-state index in [1.165, 1.54) is 29.8 Å². The van der Waals surface area contributed by atoms with E-state index < -0.39 is 35.4 Å². The lowest BCUT2D eigenvalue weighted by Crippen LogP contribution is -2.40. The molecule has 3 N–H and O–H groups in total. The Kier molecular flexibility index (Phi) is 13.6. The zero-order valence-electron chi connectivity index (χ0n) is 27.6. The van der Waals surface area contributed by atoms with Gasteiger partial charge in [-0.2, -0.15) is 26.3 Å². The van der Waals surface area contributed by atoms with Gasteiger partial charge in [-0.05, 0) is 64.4 Å². The quantitative estimate of drug-likeness (QED) is 0.137. The van der Waals surface area contributed by atoms with Crippen LogP contribution in [0.15, 0.2) is 90.3 Å². The molecular formula is C37H35F6N3O5S. The van der Waals surface area contributed by atoms with Gasteiger partial charge in [0, 0.05) is 43.8 Å². The largest absolute Gasteiger partial charge is 0.481 e. The van der Waals surface area contributed by atoms with Crippen molar-refractivity contribution in [2.24, 2.45) is 0 Å². The van der Waals surface area contributed by atoms with Gasteiger partial charge < -0.3 is 20.6 Å². The fraction of sp³-hybridized carbons (Fsp3) is 0.297. The Labute approximate surface area is 299 Å². The molecule has 0 aliphatic carbocycles. The second-order valence-corrected chi connectivity index (χ2v) is 12.8.